The zero-order valence-corrected chi connectivity index (χ0v) is 17.7. The lowest BCUT2D eigenvalue weighted by atomic mass is 9.82. The van der Waals surface area contributed by atoms with Crippen molar-refractivity contribution in [3.8, 4) is 0 Å². The number of hydrogen-bond donors (Lipinski definition) is 2. The molecule has 0 radical (unpaired) electrons. The summed E-state index contributed by atoms with van der Waals surface area (Å²) in [5.74, 6) is 0.333. The van der Waals surface area contributed by atoms with Crippen LogP contribution in [0.5, 0.6) is 0 Å². The first-order valence-corrected chi connectivity index (χ1v) is 11.5. The minimum Gasteiger partial charge on any atom is -0.393 e. The molecule has 1 aromatic rings. The molecule has 5 heteroatoms. The quantitative estimate of drug-likeness (QED) is 0.771. The van der Waals surface area contributed by atoms with E-state index in [2.05, 4.69) is 36.5 Å². The van der Waals surface area contributed by atoms with Gasteiger partial charge < -0.3 is 20.1 Å². The first kappa shape index (κ1) is 20.8. The highest BCUT2D eigenvalue weighted by Crippen LogP contribution is 2.31. The maximum absolute atomic E-state index is 13.0. The van der Waals surface area contributed by atoms with Gasteiger partial charge in [-0.3, -0.25) is 4.79 Å². The van der Waals surface area contributed by atoms with Crippen LogP contribution < -0.4 is 5.32 Å². The van der Waals surface area contributed by atoms with Crippen molar-refractivity contribution in [1.82, 2.24) is 10.2 Å². The molecule has 2 aliphatic carbocycles. The molecule has 2 N–H and O–H groups in total. The molecule has 0 spiro atoms. The summed E-state index contributed by atoms with van der Waals surface area (Å²) in [5, 5.41) is 13.6. The third-order valence-corrected chi connectivity index (χ3v) is 6.95. The maximum Gasteiger partial charge on any atom is 0.225 e. The molecule has 1 aromatic carbocycles. The first-order chi connectivity index (χ1) is 14.1. The third-order valence-electron chi connectivity index (χ3n) is 6.95. The summed E-state index contributed by atoms with van der Waals surface area (Å²) in [6, 6.07) is 9.55. The van der Waals surface area contributed by atoms with Gasteiger partial charge in [0.05, 0.1) is 12.2 Å². The van der Waals surface area contributed by atoms with Crippen molar-refractivity contribution in [2.24, 2.45) is 5.92 Å². The van der Waals surface area contributed by atoms with E-state index in [1.807, 2.05) is 4.90 Å². The van der Waals surface area contributed by atoms with Crippen molar-refractivity contribution in [3.63, 3.8) is 0 Å². The van der Waals surface area contributed by atoms with E-state index < -0.39 is 0 Å². The Labute approximate surface area is 174 Å². The second-order valence-electron chi connectivity index (χ2n) is 9.12. The van der Waals surface area contributed by atoms with Crippen LogP contribution in [0.2, 0.25) is 0 Å². The van der Waals surface area contributed by atoms with E-state index in [0.29, 0.717) is 38.0 Å². The Balaban J connectivity index is 1.35. The fourth-order valence-corrected chi connectivity index (χ4v) is 5.32. The molecule has 1 saturated heterocycles. The number of fused-ring (bicyclic) bond motifs is 1. The molecular weight excluding hydrogens is 364 g/mol. The molecule has 4 rings (SSSR count). The number of nitrogens with zero attached hydrogens (tertiary/aromatic N) is 1. The number of hydrogen-bond acceptors (Lipinski definition) is 4. The molecular formula is C24H36N2O3. The third kappa shape index (κ3) is 5.01. The normalized spacial score (nSPS) is 28.5. The van der Waals surface area contributed by atoms with Crippen LogP contribution in [0, 0.1) is 5.92 Å². The van der Waals surface area contributed by atoms with E-state index in [-0.39, 0.29) is 24.0 Å². The number of aliphatic hydroxyl groups excluding tert-OH is 1. The maximum atomic E-state index is 13.0. The summed E-state index contributed by atoms with van der Waals surface area (Å²) in [6.45, 7) is 4.28. The molecule has 3 atom stereocenters. The number of rotatable bonds is 6. The zero-order valence-electron chi connectivity index (χ0n) is 17.7. The van der Waals surface area contributed by atoms with Crippen LogP contribution in [-0.2, 0) is 22.4 Å². The Kier molecular flexibility index (Phi) is 6.88. The molecule has 5 nitrogen and oxygen atoms in total. The number of amides is 1. The van der Waals surface area contributed by atoms with Crippen LogP contribution in [0.1, 0.15) is 56.6 Å². The second kappa shape index (κ2) is 9.59. The molecule has 0 bridgehead atoms. The van der Waals surface area contributed by atoms with Crippen LogP contribution in [-0.4, -0.2) is 59.9 Å². The fourth-order valence-electron chi connectivity index (χ4n) is 5.32. The van der Waals surface area contributed by atoms with Crippen molar-refractivity contribution < 1.29 is 14.6 Å². The van der Waals surface area contributed by atoms with Crippen molar-refractivity contribution in [3.05, 3.63) is 35.4 Å². The van der Waals surface area contributed by atoms with Gasteiger partial charge in [-0.2, -0.15) is 0 Å². The SMILES string of the molecule is CCCO[C@H]1C[C@@H](C(=O)N2CCC(O)CC2)CC[C@@H]1NC1Cc2ccccc2C1. The van der Waals surface area contributed by atoms with E-state index in [4.69, 9.17) is 4.74 Å². The van der Waals surface area contributed by atoms with Gasteiger partial charge >= 0.3 is 0 Å². The van der Waals surface area contributed by atoms with Gasteiger partial charge in [-0.15, -0.1) is 0 Å². The number of piperidine rings is 1. The summed E-state index contributed by atoms with van der Waals surface area (Å²) < 4.78 is 6.24. The average Bonchev–Trinajstić information content (AvgIpc) is 3.15. The molecule has 29 heavy (non-hydrogen) atoms. The molecule has 1 aliphatic heterocycles. The average molecular weight is 401 g/mol. The Morgan fingerprint density at radius 3 is 2.48 bits per heavy atom. The summed E-state index contributed by atoms with van der Waals surface area (Å²) >= 11 is 0. The van der Waals surface area contributed by atoms with Crippen LogP contribution >= 0.6 is 0 Å². The highest BCUT2D eigenvalue weighted by Gasteiger charge is 2.38. The van der Waals surface area contributed by atoms with Gasteiger partial charge in [0.15, 0.2) is 0 Å². The van der Waals surface area contributed by atoms with Gasteiger partial charge in [0.2, 0.25) is 5.91 Å². The summed E-state index contributed by atoms with van der Waals surface area (Å²) in [7, 11) is 0. The predicted molar refractivity (Wildman–Crippen MR) is 114 cm³/mol. The molecule has 2 fully saturated rings. The van der Waals surface area contributed by atoms with Crippen LogP contribution in [0.25, 0.3) is 0 Å². The molecule has 0 unspecified atom stereocenters. The van der Waals surface area contributed by atoms with E-state index in [0.717, 1.165) is 45.1 Å². The molecule has 3 aliphatic rings. The highest BCUT2D eigenvalue weighted by molar-refractivity contribution is 5.79. The van der Waals surface area contributed by atoms with E-state index in [1.54, 1.807) is 0 Å². The topological polar surface area (TPSA) is 61.8 Å². The number of benzene rings is 1. The molecule has 1 saturated carbocycles. The standard InChI is InChI=1S/C24H36N2O3/c1-2-13-29-23-16-19(24(28)26-11-9-21(27)10-12-26)7-8-22(23)25-20-14-17-5-3-4-6-18(17)15-20/h3-6,19-23,25,27H,2,7-16H2,1H3/t19-,22-,23-/m0/s1. The van der Waals surface area contributed by atoms with Gasteiger partial charge in [-0.05, 0) is 62.5 Å². The summed E-state index contributed by atoms with van der Waals surface area (Å²) in [6.07, 6.45) is 7.20. The number of carbonyl (C=O) groups excluding carboxylic acids is 1. The Hall–Kier alpha value is -1.43. The summed E-state index contributed by atoms with van der Waals surface area (Å²) in [5.41, 5.74) is 2.93. The molecule has 1 heterocycles. The highest BCUT2D eigenvalue weighted by atomic mass is 16.5. The van der Waals surface area contributed by atoms with Crippen molar-refractivity contribution in [2.45, 2.75) is 82.6 Å². The number of aliphatic hydroxyl groups is 1. The Morgan fingerprint density at radius 2 is 1.83 bits per heavy atom. The van der Waals surface area contributed by atoms with Crippen LogP contribution in [0.4, 0.5) is 0 Å². The lowest BCUT2D eigenvalue weighted by molar-refractivity contribution is -0.141. The van der Waals surface area contributed by atoms with E-state index in [1.165, 1.54) is 11.1 Å². The summed E-state index contributed by atoms with van der Waals surface area (Å²) in [4.78, 5) is 15.0. The van der Waals surface area contributed by atoms with E-state index >= 15 is 0 Å². The van der Waals surface area contributed by atoms with Gasteiger partial charge in [-0.1, -0.05) is 31.2 Å². The van der Waals surface area contributed by atoms with Gasteiger partial charge in [0.25, 0.3) is 0 Å². The van der Waals surface area contributed by atoms with E-state index in [9.17, 15) is 9.90 Å². The molecule has 160 valence electrons. The number of likely N-dealkylation sites (tertiary alicyclic amines) is 1. The van der Waals surface area contributed by atoms with Gasteiger partial charge in [0, 0.05) is 37.7 Å². The molecule has 1 amide bonds. The van der Waals surface area contributed by atoms with Crippen molar-refractivity contribution >= 4 is 5.91 Å². The number of carbonyl (C=O) groups is 1. The second-order valence-corrected chi connectivity index (χ2v) is 9.12. The van der Waals surface area contributed by atoms with Crippen molar-refractivity contribution in [2.75, 3.05) is 19.7 Å². The minimum absolute atomic E-state index is 0.0610. The fraction of sp³-hybridized carbons (Fsp3) is 0.708. The monoisotopic (exact) mass is 400 g/mol. The van der Waals surface area contributed by atoms with Gasteiger partial charge in [-0.25, -0.2) is 0 Å². The predicted octanol–water partition coefficient (Wildman–Crippen LogP) is 2.69. The lowest BCUT2D eigenvalue weighted by Gasteiger charge is -2.40. The lowest BCUT2D eigenvalue weighted by Crippen LogP contribution is -2.52. The van der Waals surface area contributed by atoms with Crippen LogP contribution in [0.3, 0.4) is 0 Å². The number of ether oxygens (including phenoxy) is 1. The Bertz CT molecular complexity index is 661. The number of nitrogens with one attached hydrogen (secondary N) is 1. The van der Waals surface area contributed by atoms with Crippen LogP contribution in [0.15, 0.2) is 24.3 Å². The first-order valence-electron chi connectivity index (χ1n) is 11.5. The zero-order chi connectivity index (χ0) is 20.2. The minimum atomic E-state index is -0.241. The van der Waals surface area contributed by atoms with Gasteiger partial charge in [0.1, 0.15) is 0 Å². The largest absolute Gasteiger partial charge is 0.393 e. The smallest absolute Gasteiger partial charge is 0.225 e. The molecule has 0 aromatic heterocycles. The Morgan fingerprint density at radius 1 is 1.14 bits per heavy atom. The van der Waals surface area contributed by atoms with Crippen molar-refractivity contribution in [1.29, 1.82) is 0 Å².